The van der Waals surface area contributed by atoms with E-state index in [-0.39, 0.29) is 0 Å². The maximum Gasteiger partial charge on any atom is 0.125 e. The molecule has 0 aliphatic heterocycles. The lowest BCUT2D eigenvalue weighted by atomic mass is 9.98. The molecule has 20 heavy (non-hydrogen) atoms. The highest BCUT2D eigenvalue weighted by molar-refractivity contribution is 6.30. The minimum absolute atomic E-state index is 0.596. The van der Waals surface area contributed by atoms with E-state index in [1.165, 1.54) is 18.4 Å². The summed E-state index contributed by atoms with van der Waals surface area (Å²) >= 11 is 6.03. The molecule has 2 aromatic carbocycles. The first-order valence-corrected chi connectivity index (χ1v) is 7.18. The van der Waals surface area contributed by atoms with E-state index in [4.69, 9.17) is 16.3 Å². The monoisotopic (exact) mass is 288 g/mol. The third-order valence-electron chi connectivity index (χ3n) is 3.76. The normalized spacial score (nSPS) is 15.9. The van der Waals surface area contributed by atoms with Crippen molar-refractivity contribution in [2.75, 3.05) is 7.11 Å². The van der Waals surface area contributed by atoms with Gasteiger partial charge in [0.1, 0.15) is 11.9 Å². The molecule has 3 rings (SSSR count). The van der Waals surface area contributed by atoms with E-state index < -0.39 is 6.10 Å². The van der Waals surface area contributed by atoms with Crippen LogP contribution >= 0.6 is 11.6 Å². The molecule has 0 aromatic heterocycles. The Balaban J connectivity index is 1.97. The Kier molecular flexibility index (Phi) is 3.68. The van der Waals surface area contributed by atoms with Gasteiger partial charge in [0.25, 0.3) is 0 Å². The number of rotatable bonds is 4. The Morgan fingerprint density at radius 2 is 2.00 bits per heavy atom. The van der Waals surface area contributed by atoms with E-state index in [0.717, 1.165) is 5.56 Å². The molecule has 1 atom stereocenters. The number of hydrogen-bond acceptors (Lipinski definition) is 2. The molecule has 1 aliphatic rings. The van der Waals surface area contributed by atoms with Gasteiger partial charge in [-0.2, -0.15) is 0 Å². The highest BCUT2D eigenvalue weighted by atomic mass is 35.5. The van der Waals surface area contributed by atoms with Crippen molar-refractivity contribution in [3.8, 4) is 5.75 Å². The standard InChI is InChI=1S/C17H17ClO2/c1-20-16-8-7-14(18)10-15(16)17(19)13-4-2-3-12(9-13)11-5-6-11/h2-4,7-11,17,19H,5-6H2,1H3. The van der Waals surface area contributed by atoms with Gasteiger partial charge in [-0.1, -0.05) is 35.9 Å². The second kappa shape index (κ2) is 5.47. The van der Waals surface area contributed by atoms with Crippen molar-refractivity contribution in [2.24, 2.45) is 0 Å². The van der Waals surface area contributed by atoms with Gasteiger partial charge in [0.05, 0.1) is 7.11 Å². The first-order valence-electron chi connectivity index (χ1n) is 6.80. The highest BCUT2D eigenvalue weighted by Crippen LogP contribution is 2.41. The van der Waals surface area contributed by atoms with E-state index >= 15 is 0 Å². The number of aliphatic hydroxyl groups excluding tert-OH is 1. The van der Waals surface area contributed by atoms with Crippen molar-refractivity contribution in [1.82, 2.24) is 0 Å². The van der Waals surface area contributed by atoms with Gasteiger partial charge in [-0.15, -0.1) is 0 Å². The zero-order chi connectivity index (χ0) is 14.1. The summed E-state index contributed by atoms with van der Waals surface area (Å²) in [6.45, 7) is 0. The number of methoxy groups -OCH3 is 1. The summed E-state index contributed by atoms with van der Waals surface area (Å²) in [4.78, 5) is 0. The number of benzene rings is 2. The van der Waals surface area contributed by atoms with Crippen LogP contribution in [-0.2, 0) is 0 Å². The molecule has 1 N–H and O–H groups in total. The Morgan fingerprint density at radius 3 is 2.70 bits per heavy atom. The van der Waals surface area contributed by atoms with Gasteiger partial charge in [-0.3, -0.25) is 0 Å². The second-order valence-electron chi connectivity index (χ2n) is 5.23. The van der Waals surface area contributed by atoms with Crippen LogP contribution in [0.25, 0.3) is 0 Å². The number of ether oxygens (including phenoxy) is 1. The third kappa shape index (κ3) is 2.67. The summed E-state index contributed by atoms with van der Waals surface area (Å²) in [6, 6.07) is 13.5. The Morgan fingerprint density at radius 1 is 1.20 bits per heavy atom. The molecule has 3 heteroatoms. The minimum atomic E-state index is -0.720. The fourth-order valence-electron chi connectivity index (χ4n) is 2.50. The fourth-order valence-corrected chi connectivity index (χ4v) is 2.68. The Bertz CT molecular complexity index is 620. The van der Waals surface area contributed by atoms with Crippen LogP contribution in [0.1, 0.15) is 41.6 Å². The summed E-state index contributed by atoms with van der Waals surface area (Å²) < 4.78 is 5.31. The van der Waals surface area contributed by atoms with Crippen molar-refractivity contribution in [3.05, 3.63) is 64.2 Å². The van der Waals surface area contributed by atoms with Crippen molar-refractivity contribution in [1.29, 1.82) is 0 Å². The van der Waals surface area contributed by atoms with Crippen LogP contribution in [0.3, 0.4) is 0 Å². The number of aliphatic hydroxyl groups is 1. The zero-order valence-corrected chi connectivity index (χ0v) is 12.1. The SMILES string of the molecule is COc1ccc(Cl)cc1C(O)c1cccc(C2CC2)c1. The van der Waals surface area contributed by atoms with Crippen molar-refractivity contribution in [3.63, 3.8) is 0 Å². The minimum Gasteiger partial charge on any atom is -0.496 e. The topological polar surface area (TPSA) is 29.5 Å². The largest absolute Gasteiger partial charge is 0.496 e. The molecule has 1 unspecified atom stereocenters. The lowest BCUT2D eigenvalue weighted by Crippen LogP contribution is -2.03. The van der Waals surface area contributed by atoms with Crippen LogP contribution in [0.2, 0.25) is 5.02 Å². The number of halogens is 1. The number of hydrogen-bond donors (Lipinski definition) is 1. The Labute approximate surface area is 124 Å². The van der Waals surface area contributed by atoms with E-state index in [0.29, 0.717) is 22.3 Å². The molecule has 0 spiro atoms. The van der Waals surface area contributed by atoms with Crippen LogP contribution in [0.4, 0.5) is 0 Å². The molecular formula is C17H17ClO2. The van der Waals surface area contributed by atoms with Crippen LogP contribution in [0.15, 0.2) is 42.5 Å². The molecule has 0 bridgehead atoms. The quantitative estimate of drug-likeness (QED) is 0.908. The first-order chi connectivity index (χ1) is 9.69. The van der Waals surface area contributed by atoms with Gasteiger partial charge in [-0.25, -0.2) is 0 Å². The molecule has 0 saturated heterocycles. The summed E-state index contributed by atoms with van der Waals surface area (Å²) in [5.41, 5.74) is 2.89. The molecule has 0 heterocycles. The predicted octanol–water partition coefficient (Wildman–Crippen LogP) is 4.31. The Hall–Kier alpha value is -1.51. The maximum absolute atomic E-state index is 10.6. The van der Waals surface area contributed by atoms with Crippen molar-refractivity contribution >= 4 is 11.6 Å². The zero-order valence-electron chi connectivity index (χ0n) is 11.3. The lowest BCUT2D eigenvalue weighted by molar-refractivity contribution is 0.214. The van der Waals surface area contributed by atoms with Crippen LogP contribution in [-0.4, -0.2) is 12.2 Å². The molecular weight excluding hydrogens is 272 g/mol. The maximum atomic E-state index is 10.6. The van der Waals surface area contributed by atoms with Crippen molar-refractivity contribution in [2.45, 2.75) is 24.9 Å². The van der Waals surface area contributed by atoms with E-state index in [9.17, 15) is 5.11 Å². The van der Waals surface area contributed by atoms with Crippen LogP contribution in [0.5, 0.6) is 5.75 Å². The molecule has 2 nitrogen and oxygen atoms in total. The predicted molar refractivity (Wildman–Crippen MR) is 80.5 cm³/mol. The van der Waals surface area contributed by atoms with Crippen LogP contribution < -0.4 is 4.74 Å². The van der Waals surface area contributed by atoms with Crippen molar-refractivity contribution < 1.29 is 9.84 Å². The second-order valence-corrected chi connectivity index (χ2v) is 5.67. The first kappa shape index (κ1) is 13.5. The molecule has 2 aromatic rings. The van der Waals surface area contributed by atoms with Crippen LogP contribution in [0, 0.1) is 0 Å². The molecule has 1 fully saturated rings. The molecule has 1 aliphatic carbocycles. The van der Waals surface area contributed by atoms with Gasteiger partial charge in [0.2, 0.25) is 0 Å². The smallest absolute Gasteiger partial charge is 0.125 e. The average Bonchev–Trinajstić information content (AvgIpc) is 3.31. The lowest BCUT2D eigenvalue weighted by Gasteiger charge is -2.16. The average molecular weight is 289 g/mol. The fraction of sp³-hybridized carbons (Fsp3) is 0.294. The molecule has 104 valence electrons. The van der Waals surface area contributed by atoms with Gasteiger partial charge < -0.3 is 9.84 Å². The van der Waals surface area contributed by atoms with Gasteiger partial charge in [0.15, 0.2) is 0 Å². The summed E-state index contributed by atoms with van der Waals surface area (Å²) in [6.07, 6.45) is 1.78. The van der Waals surface area contributed by atoms with E-state index in [1.807, 2.05) is 12.1 Å². The van der Waals surface area contributed by atoms with Gasteiger partial charge in [-0.05, 0) is 48.1 Å². The highest BCUT2D eigenvalue weighted by Gasteiger charge is 2.24. The van der Waals surface area contributed by atoms with Gasteiger partial charge in [0, 0.05) is 10.6 Å². The van der Waals surface area contributed by atoms with Gasteiger partial charge >= 0.3 is 0 Å². The third-order valence-corrected chi connectivity index (χ3v) is 4.00. The molecule has 0 amide bonds. The molecule has 0 radical (unpaired) electrons. The summed E-state index contributed by atoms with van der Waals surface area (Å²) in [5.74, 6) is 1.32. The summed E-state index contributed by atoms with van der Waals surface area (Å²) in [5, 5.41) is 11.2. The molecule has 1 saturated carbocycles. The van der Waals surface area contributed by atoms with E-state index in [1.54, 1.807) is 25.3 Å². The van der Waals surface area contributed by atoms with E-state index in [2.05, 4.69) is 12.1 Å². The summed E-state index contributed by atoms with van der Waals surface area (Å²) in [7, 11) is 1.60.